The number of nitrogens with zero attached hydrogens (tertiary/aromatic N) is 3. The molecule has 2 aromatic carbocycles. The molecule has 0 unspecified atom stereocenters. The number of anilines is 1. The van der Waals surface area contributed by atoms with Gasteiger partial charge in [0.05, 0.1) is 12.3 Å². The van der Waals surface area contributed by atoms with E-state index in [9.17, 15) is 0 Å². The van der Waals surface area contributed by atoms with Crippen LogP contribution in [-0.4, -0.2) is 28.1 Å². The maximum absolute atomic E-state index is 5.88. The van der Waals surface area contributed by atoms with Crippen LogP contribution in [0.25, 0.3) is 11.3 Å². The molecule has 0 saturated heterocycles. The number of hydrogen-bond donors (Lipinski definition) is 1. The number of pyridine rings is 1. The van der Waals surface area contributed by atoms with Crippen LogP contribution < -0.4 is 10.1 Å². The van der Waals surface area contributed by atoms with Crippen LogP contribution in [0.4, 0.5) is 5.82 Å². The van der Waals surface area contributed by atoms with Gasteiger partial charge in [0.25, 0.3) is 0 Å². The van der Waals surface area contributed by atoms with Gasteiger partial charge in [-0.05, 0) is 54.8 Å². The van der Waals surface area contributed by atoms with E-state index < -0.39 is 0 Å². The average molecular weight is 411 g/mol. The fourth-order valence-corrected chi connectivity index (χ4v) is 3.30. The highest BCUT2D eigenvalue weighted by atomic mass is 16.5. The van der Waals surface area contributed by atoms with Crippen LogP contribution >= 0.6 is 0 Å². The van der Waals surface area contributed by atoms with E-state index in [-0.39, 0.29) is 0 Å². The van der Waals surface area contributed by atoms with E-state index in [1.165, 1.54) is 5.56 Å². The van der Waals surface area contributed by atoms with Gasteiger partial charge in [-0.1, -0.05) is 36.4 Å². The van der Waals surface area contributed by atoms with E-state index in [2.05, 4.69) is 50.6 Å². The van der Waals surface area contributed by atoms with Gasteiger partial charge in [0.1, 0.15) is 17.9 Å². The smallest absolute Gasteiger partial charge is 0.129 e. The second-order valence-corrected chi connectivity index (χ2v) is 7.25. The van der Waals surface area contributed by atoms with Gasteiger partial charge in [-0.2, -0.15) is 0 Å². The van der Waals surface area contributed by atoms with Crippen molar-refractivity contribution in [1.29, 1.82) is 0 Å². The summed E-state index contributed by atoms with van der Waals surface area (Å²) in [5.41, 5.74) is 4.31. The van der Waals surface area contributed by atoms with Crippen molar-refractivity contribution in [3.8, 4) is 17.0 Å². The Balaban J connectivity index is 1.27. The number of aromatic nitrogens is 3. The molecule has 156 valence electrons. The van der Waals surface area contributed by atoms with Gasteiger partial charge >= 0.3 is 0 Å². The van der Waals surface area contributed by atoms with Crippen molar-refractivity contribution in [2.75, 3.05) is 18.5 Å². The summed E-state index contributed by atoms with van der Waals surface area (Å²) in [4.78, 5) is 13.1. The molecule has 1 N–H and O–H groups in total. The third-order valence-electron chi connectivity index (χ3n) is 4.96. The molecule has 0 aliphatic heterocycles. The van der Waals surface area contributed by atoms with Gasteiger partial charge in [0.2, 0.25) is 0 Å². The van der Waals surface area contributed by atoms with Gasteiger partial charge in [-0.15, -0.1) is 0 Å². The molecule has 0 aliphatic rings. The Labute approximate surface area is 183 Å². The lowest BCUT2D eigenvalue weighted by Gasteiger charge is -2.09. The number of rotatable bonds is 10. The van der Waals surface area contributed by atoms with Gasteiger partial charge < -0.3 is 10.1 Å². The fraction of sp³-hybridized carbons (Fsp3) is 0.192. The molecule has 2 aromatic heterocycles. The second-order valence-electron chi connectivity index (χ2n) is 7.25. The molecule has 5 nitrogen and oxygen atoms in total. The third-order valence-corrected chi connectivity index (χ3v) is 4.96. The van der Waals surface area contributed by atoms with Crippen LogP contribution in [0.1, 0.15) is 17.7 Å². The summed E-state index contributed by atoms with van der Waals surface area (Å²) in [5.74, 6) is 1.69. The lowest BCUT2D eigenvalue weighted by atomic mass is 10.1. The van der Waals surface area contributed by atoms with Crippen molar-refractivity contribution in [3.05, 3.63) is 103 Å². The normalized spacial score (nSPS) is 10.6. The zero-order chi connectivity index (χ0) is 21.1. The number of ether oxygens (including phenoxy) is 1. The van der Waals surface area contributed by atoms with Crippen molar-refractivity contribution < 1.29 is 4.74 Å². The largest absolute Gasteiger partial charge is 0.493 e. The Morgan fingerprint density at radius 1 is 0.774 bits per heavy atom. The minimum atomic E-state index is 0.656. The monoisotopic (exact) mass is 410 g/mol. The lowest BCUT2D eigenvalue weighted by molar-refractivity contribution is 0.322. The van der Waals surface area contributed by atoms with Crippen LogP contribution in [0, 0.1) is 0 Å². The first-order valence-corrected chi connectivity index (χ1v) is 10.6. The molecule has 5 heteroatoms. The highest BCUT2D eigenvalue weighted by molar-refractivity contribution is 5.62. The third kappa shape index (κ3) is 6.37. The molecule has 4 aromatic rings. The molecular formula is C26H26N4O. The maximum atomic E-state index is 5.88. The Kier molecular flexibility index (Phi) is 7.21. The highest BCUT2D eigenvalue weighted by Gasteiger charge is 2.03. The van der Waals surface area contributed by atoms with Gasteiger partial charge in [0.15, 0.2) is 0 Å². The number of hydrogen-bond acceptors (Lipinski definition) is 5. The molecule has 4 rings (SSSR count). The number of benzene rings is 2. The molecule has 2 heterocycles. The summed E-state index contributed by atoms with van der Waals surface area (Å²) in [6.45, 7) is 1.49. The predicted molar refractivity (Wildman–Crippen MR) is 124 cm³/mol. The molecule has 0 atom stereocenters. The Bertz CT molecular complexity index is 1050. The zero-order valence-corrected chi connectivity index (χ0v) is 17.4. The van der Waals surface area contributed by atoms with E-state index in [1.54, 1.807) is 6.33 Å². The molecule has 0 radical (unpaired) electrons. The predicted octanol–water partition coefficient (Wildman–Crippen LogP) is 5.20. The number of nitrogens with one attached hydrogen (secondary N) is 1. The van der Waals surface area contributed by atoms with Gasteiger partial charge in [-0.25, -0.2) is 9.97 Å². The van der Waals surface area contributed by atoms with Crippen LogP contribution in [0.2, 0.25) is 0 Å². The molecular weight excluding hydrogens is 384 g/mol. The molecule has 0 aliphatic carbocycles. The van der Waals surface area contributed by atoms with E-state index in [0.29, 0.717) is 6.61 Å². The Hall–Kier alpha value is -3.73. The molecule has 0 amide bonds. The quantitative estimate of drug-likeness (QED) is 0.364. The highest BCUT2D eigenvalue weighted by Crippen LogP contribution is 2.22. The number of aryl methyl sites for hydroxylation is 1. The topological polar surface area (TPSA) is 59.9 Å². The minimum Gasteiger partial charge on any atom is -0.493 e. The maximum Gasteiger partial charge on any atom is 0.129 e. The molecule has 0 spiro atoms. The van der Waals surface area contributed by atoms with Crippen molar-refractivity contribution in [3.63, 3.8) is 0 Å². The van der Waals surface area contributed by atoms with E-state index in [1.807, 2.05) is 54.7 Å². The van der Waals surface area contributed by atoms with Crippen molar-refractivity contribution in [2.24, 2.45) is 0 Å². The second kappa shape index (κ2) is 10.9. The van der Waals surface area contributed by atoms with Crippen molar-refractivity contribution >= 4 is 5.82 Å². The summed E-state index contributed by atoms with van der Waals surface area (Å²) in [5, 5.41) is 3.38. The molecule has 0 bridgehead atoms. The molecule has 0 saturated carbocycles. The summed E-state index contributed by atoms with van der Waals surface area (Å²) in [6.07, 6.45) is 6.26. The standard InChI is InChI=1S/C26H26N4O/c1-2-7-21(8-3-1)15-18-31-24-13-11-22(12-14-24)25-19-26(30-20-29-25)28-17-6-10-23-9-4-5-16-27-23/h1-5,7-9,11-14,16,19-20H,6,10,15,17-18H2,(H,28,29,30). The fourth-order valence-electron chi connectivity index (χ4n) is 3.30. The average Bonchev–Trinajstić information content (AvgIpc) is 2.84. The van der Waals surface area contributed by atoms with Crippen LogP contribution in [-0.2, 0) is 12.8 Å². The van der Waals surface area contributed by atoms with Crippen molar-refractivity contribution in [2.45, 2.75) is 19.3 Å². The first kappa shape index (κ1) is 20.5. The summed E-state index contributed by atoms with van der Waals surface area (Å²) >= 11 is 0. The van der Waals surface area contributed by atoms with E-state index >= 15 is 0 Å². The summed E-state index contributed by atoms with van der Waals surface area (Å²) in [7, 11) is 0. The lowest BCUT2D eigenvalue weighted by Crippen LogP contribution is -2.05. The first-order valence-electron chi connectivity index (χ1n) is 10.6. The van der Waals surface area contributed by atoms with Crippen LogP contribution in [0.3, 0.4) is 0 Å². The molecule has 0 fully saturated rings. The van der Waals surface area contributed by atoms with Gasteiger partial charge in [0, 0.05) is 36.5 Å². The summed E-state index contributed by atoms with van der Waals surface area (Å²) < 4.78 is 5.88. The van der Waals surface area contributed by atoms with Crippen LogP contribution in [0.5, 0.6) is 5.75 Å². The minimum absolute atomic E-state index is 0.656. The SMILES string of the molecule is c1ccc(CCOc2ccc(-c3cc(NCCCc4ccccn4)ncn3)cc2)cc1. The summed E-state index contributed by atoms with van der Waals surface area (Å²) in [6, 6.07) is 26.4. The van der Waals surface area contributed by atoms with E-state index in [4.69, 9.17) is 4.74 Å². The molecule has 31 heavy (non-hydrogen) atoms. The Morgan fingerprint density at radius 3 is 2.42 bits per heavy atom. The van der Waals surface area contributed by atoms with Gasteiger partial charge in [-0.3, -0.25) is 4.98 Å². The van der Waals surface area contributed by atoms with Crippen LogP contribution in [0.15, 0.2) is 91.4 Å². The van der Waals surface area contributed by atoms with Crippen molar-refractivity contribution in [1.82, 2.24) is 15.0 Å². The van der Waals surface area contributed by atoms with E-state index in [0.717, 1.165) is 54.3 Å². The first-order chi connectivity index (χ1) is 15.4. The zero-order valence-electron chi connectivity index (χ0n) is 17.4. The Morgan fingerprint density at radius 2 is 1.61 bits per heavy atom.